The predicted molar refractivity (Wildman–Crippen MR) is 54.1 cm³/mol. The van der Waals surface area contributed by atoms with E-state index in [1.165, 1.54) is 0 Å². The summed E-state index contributed by atoms with van der Waals surface area (Å²) in [6, 6.07) is 5.84. The van der Waals surface area contributed by atoms with Crippen LogP contribution in [-0.2, 0) is 4.79 Å². The lowest BCUT2D eigenvalue weighted by atomic mass is 10.3. The molecule has 13 heavy (non-hydrogen) atoms. The Hall–Kier alpha value is -0.990. The summed E-state index contributed by atoms with van der Waals surface area (Å²) in [7, 11) is 0. The first-order chi connectivity index (χ1) is 6.13. The van der Waals surface area contributed by atoms with Gasteiger partial charge >= 0.3 is 0 Å². The molecule has 1 aromatic rings. The Labute approximate surface area is 86.2 Å². The van der Waals surface area contributed by atoms with E-state index in [0.29, 0.717) is 10.7 Å². The molecule has 0 aliphatic heterocycles. The van der Waals surface area contributed by atoms with E-state index in [-0.39, 0.29) is 10.9 Å². The molecule has 1 aromatic carbocycles. The molecule has 0 heterocycles. The summed E-state index contributed by atoms with van der Waals surface area (Å²) in [5.41, 5.74) is 0.468. The number of carbonyl (C=O) groups is 1. The van der Waals surface area contributed by atoms with Gasteiger partial charge in [0.15, 0.2) is 0 Å². The van der Waals surface area contributed by atoms with Gasteiger partial charge in [-0.2, -0.15) is 0 Å². The molecular weight excluding hydrogens is 209 g/mol. The summed E-state index contributed by atoms with van der Waals surface area (Å²) in [4.78, 5) is 10.9. The highest BCUT2D eigenvalue weighted by atomic mass is 35.5. The highest BCUT2D eigenvalue weighted by molar-refractivity contribution is 6.36. The molecule has 0 bridgehead atoms. The van der Waals surface area contributed by atoms with Crippen LogP contribution in [0.4, 0.5) is 5.69 Å². The third-order valence-corrected chi connectivity index (χ3v) is 1.82. The van der Waals surface area contributed by atoms with Crippen molar-refractivity contribution in [2.45, 2.75) is 0 Å². The quantitative estimate of drug-likeness (QED) is 0.755. The number of halogens is 2. The Morgan fingerprint density at radius 1 is 1.54 bits per heavy atom. The van der Waals surface area contributed by atoms with Crippen LogP contribution < -0.4 is 5.32 Å². The molecule has 0 aliphatic carbocycles. The Balaban J connectivity index is 2.89. The number of nitrogens with one attached hydrogen (secondary N) is 1. The van der Waals surface area contributed by atoms with Crippen molar-refractivity contribution in [2.75, 3.05) is 5.32 Å². The maximum atomic E-state index is 10.9. The summed E-state index contributed by atoms with van der Waals surface area (Å²) in [5.74, 6) is -0.322. The van der Waals surface area contributed by atoms with Gasteiger partial charge < -0.3 is 5.32 Å². The summed E-state index contributed by atoms with van der Waals surface area (Å²) in [6.07, 6.45) is 1.16. The van der Waals surface area contributed by atoms with Gasteiger partial charge in [0.05, 0.1) is 15.7 Å². The van der Waals surface area contributed by atoms with Gasteiger partial charge in [-0.3, -0.25) is 4.79 Å². The second kappa shape index (κ2) is 4.30. The van der Waals surface area contributed by atoms with Crippen LogP contribution in [-0.4, -0.2) is 5.91 Å². The van der Waals surface area contributed by atoms with E-state index in [2.05, 4.69) is 18.0 Å². The molecule has 0 aromatic heterocycles. The Morgan fingerprint density at radius 3 is 2.77 bits per heavy atom. The van der Waals surface area contributed by atoms with Crippen molar-refractivity contribution in [1.29, 1.82) is 0 Å². The zero-order chi connectivity index (χ0) is 9.84. The van der Waals surface area contributed by atoms with Crippen molar-refractivity contribution in [1.82, 2.24) is 0 Å². The van der Waals surface area contributed by atoms with E-state index in [4.69, 9.17) is 23.2 Å². The molecule has 1 amide bonds. The molecule has 4 heteroatoms. The number of carbonyl (C=O) groups excluding carboxylic acids is 1. The number of amides is 1. The van der Waals surface area contributed by atoms with Crippen LogP contribution in [0, 0.1) is 6.07 Å². The van der Waals surface area contributed by atoms with E-state index in [1.807, 2.05) is 0 Å². The van der Waals surface area contributed by atoms with Crippen molar-refractivity contribution in [2.24, 2.45) is 0 Å². The minimum Gasteiger partial charge on any atom is -0.321 e. The van der Waals surface area contributed by atoms with Crippen LogP contribution in [0.15, 0.2) is 24.8 Å². The summed E-state index contributed by atoms with van der Waals surface area (Å²) in [6.45, 7) is 3.31. The highest BCUT2D eigenvalue weighted by Crippen LogP contribution is 2.24. The number of hydrogen-bond donors (Lipinski definition) is 1. The summed E-state index contributed by atoms with van der Waals surface area (Å²) in [5, 5.41) is 3.19. The van der Waals surface area contributed by atoms with Crippen molar-refractivity contribution in [3.63, 3.8) is 0 Å². The van der Waals surface area contributed by atoms with Crippen LogP contribution >= 0.6 is 23.2 Å². The fraction of sp³-hybridized carbons (Fsp3) is 0. The molecule has 0 unspecified atom stereocenters. The van der Waals surface area contributed by atoms with E-state index < -0.39 is 0 Å². The van der Waals surface area contributed by atoms with Gasteiger partial charge in [0.2, 0.25) is 5.91 Å². The van der Waals surface area contributed by atoms with Crippen LogP contribution in [0.25, 0.3) is 0 Å². The van der Waals surface area contributed by atoms with Crippen molar-refractivity contribution in [3.05, 3.63) is 40.9 Å². The number of benzene rings is 1. The second-order valence-corrected chi connectivity index (χ2v) is 3.01. The zero-order valence-corrected chi connectivity index (χ0v) is 8.12. The number of hydrogen-bond acceptors (Lipinski definition) is 1. The van der Waals surface area contributed by atoms with Crippen LogP contribution in [0.1, 0.15) is 0 Å². The second-order valence-electron chi connectivity index (χ2n) is 2.23. The van der Waals surface area contributed by atoms with Crippen LogP contribution in [0.5, 0.6) is 0 Å². The smallest absolute Gasteiger partial charge is 0.247 e. The van der Waals surface area contributed by atoms with Crippen molar-refractivity contribution < 1.29 is 4.79 Å². The normalized spacial score (nSPS) is 9.38. The first-order valence-electron chi connectivity index (χ1n) is 3.44. The van der Waals surface area contributed by atoms with E-state index in [9.17, 15) is 4.79 Å². The third-order valence-electron chi connectivity index (χ3n) is 1.31. The van der Waals surface area contributed by atoms with Gasteiger partial charge in [0, 0.05) is 6.07 Å². The van der Waals surface area contributed by atoms with E-state index in [1.54, 1.807) is 12.1 Å². The molecule has 0 fully saturated rings. The van der Waals surface area contributed by atoms with Gasteiger partial charge in [-0.15, -0.1) is 0 Å². The standard InChI is InChI=1S/C9H6Cl2NO/c1-2-9(13)12-8-4-3-6(10)5-7(8)11/h2-4H,1H2,(H,12,13). The van der Waals surface area contributed by atoms with Gasteiger partial charge in [-0.25, -0.2) is 0 Å². The average molecular weight is 215 g/mol. The van der Waals surface area contributed by atoms with Crippen LogP contribution in [0.3, 0.4) is 0 Å². The molecule has 0 spiro atoms. The first kappa shape index (κ1) is 10.1. The molecule has 1 rings (SSSR count). The zero-order valence-electron chi connectivity index (χ0n) is 6.60. The van der Waals surface area contributed by atoms with Gasteiger partial charge in [0.25, 0.3) is 0 Å². The van der Waals surface area contributed by atoms with Crippen LogP contribution in [0.2, 0.25) is 10.0 Å². The van der Waals surface area contributed by atoms with E-state index >= 15 is 0 Å². The van der Waals surface area contributed by atoms with Gasteiger partial charge in [-0.05, 0) is 18.2 Å². The molecule has 2 nitrogen and oxygen atoms in total. The minimum atomic E-state index is -0.322. The Kier molecular flexibility index (Phi) is 3.34. The topological polar surface area (TPSA) is 29.1 Å². The molecule has 0 saturated carbocycles. The lowest BCUT2D eigenvalue weighted by Gasteiger charge is -2.03. The summed E-state index contributed by atoms with van der Waals surface area (Å²) < 4.78 is 0. The molecular formula is C9H6Cl2NO. The molecule has 0 saturated heterocycles. The maximum Gasteiger partial charge on any atom is 0.247 e. The minimum absolute atomic E-state index is 0.280. The molecule has 1 N–H and O–H groups in total. The van der Waals surface area contributed by atoms with Crippen molar-refractivity contribution in [3.8, 4) is 0 Å². The summed E-state index contributed by atoms with van der Waals surface area (Å²) >= 11 is 11.4. The fourth-order valence-corrected chi connectivity index (χ4v) is 1.14. The average Bonchev–Trinajstić information content (AvgIpc) is 2.09. The van der Waals surface area contributed by atoms with Gasteiger partial charge in [-0.1, -0.05) is 29.8 Å². The molecule has 1 radical (unpaired) electrons. The lowest BCUT2D eigenvalue weighted by Crippen LogP contribution is -2.07. The molecule has 0 aliphatic rings. The maximum absolute atomic E-state index is 10.9. The van der Waals surface area contributed by atoms with E-state index in [0.717, 1.165) is 6.08 Å². The largest absolute Gasteiger partial charge is 0.321 e. The number of rotatable bonds is 2. The predicted octanol–water partition coefficient (Wildman–Crippen LogP) is 2.92. The lowest BCUT2D eigenvalue weighted by molar-refractivity contribution is -0.111. The molecule has 67 valence electrons. The Bertz CT molecular complexity index is 349. The first-order valence-corrected chi connectivity index (χ1v) is 4.20. The number of anilines is 1. The molecule has 0 atom stereocenters. The SMILES string of the molecule is C=CC(=O)Nc1ccc(Cl)[c]c1Cl. The fourth-order valence-electron chi connectivity index (χ4n) is 0.724. The monoisotopic (exact) mass is 214 g/mol. The highest BCUT2D eigenvalue weighted by Gasteiger charge is 2.02. The van der Waals surface area contributed by atoms with Crippen molar-refractivity contribution >= 4 is 34.8 Å². The Morgan fingerprint density at radius 2 is 2.23 bits per heavy atom. The van der Waals surface area contributed by atoms with Gasteiger partial charge in [0.1, 0.15) is 0 Å². The third kappa shape index (κ3) is 2.76.